The maximum atomic E-state index is 13.0. The monoisotopic (exact) mass is 233 g/mol. The molecule has 0 aliphatic rings. The van der Waals surface area contributed by atoms with Crippen molar-refractivity contribution >= 4 is 0 Å². The van der Waals surface area contributed by atoms with Crippen LogP contribution in [-0.2, 0) is 6.42 Å². The summed E-state index contributed by atoms with van der Waals surface area (Å²) in [5.41, 5.74) is 8.97. The maximum Gasteiger partial charge on any atom is 0.123 e. The van der Waals surface area contributed by atoms with Crippen molar-refractivity contribution in [2.45, 2.75) is 26.3 Å². The zero-order valence-corrected chi connectivity index (χ0v) is 10.0. The van der Waals surface area contributed by atoms with Gasteiger partial charge in [0.1, 0.15) is 11.6 Å². The molecular weight excluding hydrogens is 217 g/mol. The fourth-order valence-electron chi connectivity index (χ4n) is 2.07. The number of rotatable bonds is 3. The Morgan fingerprint density at radius 1 is 1.29 bits per heavy atom. The molecule has 0 aliphatic carbocycles. The van der Waals surface area contributed by atoms with Crippen LogP contribution >= 0.6 is 0 Å². The van der Waals surface area contributed by atoms with Gasteiger partial charge in [0, 0.05) is 12.0 Å². The molecule has 2 aromatic rings. The second kappa shape index (κ2) is 4.72. The molecule has 17 heavy (non-hydrogen) atoms. The quantitative estimate of drug-likeness (QED) is 0.883. The van der Waals surface area contributed by atoms with E-state index in [9.17, 15) is 4.39 Å². The molecule has 2 N–H and O–H groups in total. The summed E-state index contributed by atoms with van der Waals surface area (Å²) in [6, 6.07) is 6.30. The Morgan fingerprint density at radius 2 is 2.06 bits per heavy atom. The highest BCUT2D eigenvalue weighted by molar-refractivity contribution is 5.37. The van der Waals surface area contributed by atoms with Crippen molar-refractivity contribution in [1.29, 1.82) is 0 Å². The van der Waals surface area contributed by atoms with Crippen LogP contribution in [0.15, 0.2) is 34.9 Å². The van der Waals surface area contributed by atoms with Crippen molar-refractivity contribution in [3.05, 3.63) is 58.8 Å². The van der Waals surface area contributed by atoms with Crippen LogP contribution in [0.4, 0.5) is 4.39 Å². The molecule has 1 heterocycles. The average Bonchev–Trinajstić information content (AvgIpc) is 2.76. The van der Waals surface area contributed by atoms with E-state index in [1.807, 2.05) is 19.9 Å². The van der Waals surface area contributed by atoms with Gasteiger partial charge in [-0.05, 0) is 36.2 Å². The number of halogens is 1. The Labute approximate surface area is 100 Å². The van der Waals surface area contributed by atoms with Crippen LogP contribution in [0.3, 0.4) is 0 Å². The highest BCUT2D eigenvalue weighted by atomic mass is 19.1. The molecule has 2 nitrogen and oxygen atoms in total. The van der Waals surface area contributed by atoms with E-state index in [4.69, 9.17) is 10.2 Å². The summed E-state index contributed by atoms with van der Waals surface area (Å²) in [7, 11) is 0. The number of hydrogen-bond donors (Lipinski definition) is 1. The van der Waals surface area contributed by atoms with E-state index in [0.29, 0.717) is 0 Å². The SMILES string of the molecule is CCc1occc1C(N)c1ccc(F)cc1C. The molecule has 1 aromatic carbocycles. The first-order valence-corrected chi connectivity index (χ1v) is 5.71. The molecule has 1 unspecified atom stereocenters. The Morgan fingerprint density at radius 3 is 2.71 bits per heavy atom. The second-order valence-corrected chi connectivity index (χ2v) is 4.13. The predicted octanol–water partition coefficient (Wildman–Crippen LogP) is 3.34. The summed E-state index contributed by atoms with van der Waals surface area (Å²) < 4.78 is 18.4. The number of nitrogens with two attached hydrogens (primary N) is 1. The number of furan rings is 1. The average molecular weight is 233 g/mol. The molecule has 0 saturated carbocycles. The second-order valence-electron chi connectivity index (χ2n) is 4.13. The highest BCUT2D eigenvalue weighted by Crippen LogP contribution is 2.26. The van der Waals surface area contributed by atoms with Crippen LogP contribution in [0.2, 0.25) is 0 Å². The Bertz CT molecular complexity index is 519. The smallest absolute Gasteiger partial charge is 0.123 e. The third-order valence-electron chi connectivity index (χ3n) is 3.00. The molecule has 0 aliphatic heterocycles. The van der Waals surface area contributed by atoms with Crippen molar-refractivity contribution in [3.8, 4) is 0 Å². The Balaban J connectivity index is 2.40. The van der Waals surface area contributed by atoms with E-state index in [0.717, 1.165) is 28.9 Å². The summed E-state index contributed by atoms with van der Waals surface area (Å²) in [4.78, 5) is 0. The first-order valence-electron chi connectivity index (χ1n) is 5.71. The fourth-order valence-corrected chi connectivity index (χ4v) is 2.07. The summed E-state index contributed by atoms with van der Waals surface area (Å²) in [5, 5.41) is 0. The molecule has 1 aromatic heterocycles. The molecule has 1 atom stereocenters. The molecule has 0 bridgehead atoms. The van der Waals surface area contributed by atoms with Crippen LogP contribution in [0.5, 0.6) is 0 Å². The molecular formula is C14H16FNO. The molecule has 0 amide bonds. The van der Waals surface area contributed by atoms with Crippen molar-refractivity contribution in [2.75, 3.05) is 0 Å². The van der Waals surface area contributed by atoms with Gasteiger partial charge >= 0.3 is 0 Å². The topological polar surface area (TPSA) is 39.2 Å². The number of aryl methyl sites for hydroxylation is 2. The van der Waals surface area contributed by atoms with Crippen LogP contribution in [0.1, 0.15) is 35.4 Å². The third-order valence-corrected chi connectivity index (χ3v) is 3.00. The molecule has 0 saturated heterocycles. The van der Waals surface area contributed by atoms with E-state index < -0.39 is 0 Å². The lowest BCUT2D eigenvalue weighted by atomic mass is 9.95. The Hall–Kier alpha value is -1.61. The van der Waals surface area contributed by atoms with Gasteiger partial charge in [-0.25, -0.2) is 4.39 Å². The number of benzene rings is 1. The zero-order chi connectivity index (χ0) is 12.4. The first kappa shape index (κ1) is 11.9. The summed E-state index contributed by atoms with van der Waals surface area (Å²) in [6.45, 7) is 3.89. The van der Waals surface area contributed by atoms with Crippen LogP contribution in [-0.4, -0.2) is 0 Å². The molecule has 0 fully saturated rings. The maximum absolute atomic E-state index is 13.0. The van der Waals surface area contributed by atoms with Gasteiger partial charge in [0.2, 0.25) is 0 Å². The first-order chi connectivity index (χ1) is 8.13. The van der Waals surface area contributed by atoms with Gasteiger partial charge < -0.3 is 10.2 Å². The van der Waals surface area contributed by atoms with Crippen molar-refractivity contribution in [2.24, 2.45) is 5.73 Å². The molecule has 3 heteroatoms. The zero-order valence-electron chi connectivity index (χ0n) is 10.0. The molecule has 90 valence electrons. The van der Waals surface area contributed by atoms with E-state index in [2.05, 4.69) is 0 Å². The van der Waals surface area contributed by atoms with Gasteiger partial charge in [-0.3, -0.25) is 0 Å². The van der Waals surface area contributed by atoms with Gasteiger partial charge in [0.15, 0.2) is 0 Å². The fraction of sp³-hybridized carbons (Fsp3) is 0.286. The third kappa shape index (κ3) is 2.24. The van der Waals surface area contributed by atoms with E-state index in [1.165, 1.54) is 12.1 Å². The standard InChI is InChI=1S/C14H16FNO/c1-3-13-12(6-7-17-13)14(16)11-5-4-10(15)8-9(11)2/h4-8,14H,3,16H2,1-2H3. The summed E-state index contributed by atoms with van der Waals surface area (Å²) in [5.74, 6) is 0.655. The number of hydrogen-bond acceptors (Lipinski definition) is 2. The summed E-state index contributed by atoms with van der Waals surface area (Å²) >= 11 is 0. The normalized spacial score (nSPS) is 12.7. The van der Waals surface area contributed by atoms with Gasteiger partial charge in [-0.1, -0.05) is 13.0 Å². The summed E-state index contributed by atoms with van der Waals surface area (Å²) in [6.07, 6.45) is 2.45. The molecule has 2 rings (SSSR count). The van der Waals surface area contributed by atoms with Crippen molar-refractivity contribution < 1.29 is 8.81 Å². The van der Waals surface area contributed by atoms with Crippen LogP contribution < -0.4 is 5.73 Å². The molecule has 0 spiro atoms. The van der Waals surface area contributed by atoms with Gasteiger partial charge in [-0.15, -0.1) is 0 Å². The van der Waals surface area contributed by atoms with Crippen molar-refractivity contribution in [1.82, 2.24) is 0 Å². The highest BCUT2D eigenvalue weighted by Gasteiger charge is 2.16. The molecule has 0 radical (unpaired) electrons. The van der Waals surface area contributed by atoms with E-state index in [1.54, 1.807) is 12.3 Å². The van der Waals surface area contributed by atoms with E-state index in [-0.39, 0.29) is 11.9 Å². The lowest BCUT2D eigenvalue weighted by molar-refractivity contribution is 0.509. The van der Waals surface area contributed by atoms with Gasteiger partial charge in [0.05, 0.1) is 12.3 Å². The minimum Gasteiger partial charge on any atom is -0.469 e. The lowest BCUT2D eigenvalue weighted by Gasteiger charge is -2.14. The minimum absolute atomic E-state index is 0.235. The van der Waals surface area contributed by atoms with Gasteiger partial charge in [-0.2, -0.15) is 0 Å². The van der Waals surface area contributed by atoms with Gasteiger partial charge in [0.25, 0.3) is 0 Å². The van der Waals surface area contributed by atoms with E-state index >= 15 is 0 Å². The minimum atomic E-state index is -0.260. The largest absolute Gasteiger partial charge is 0.469 e. The Kier molecular flexibility index (Phi) is 3.29. The lowest BCUT2D eigenvalue weighted by Crippen LogP contribution is -2.14. The van der Waals surface area contributed by atoms with Crippen molar-refractivity contribution in [3.63, 3.8) is 0 Å². The van der Waals surface area contributed by atoms with Crippen LogP contribution in [0.25, 0.3) is 0 Å². The predicted molar refractivity (Wildman–Crippen MR) is 65.3 cm³/mol. The van der Waals surface area contributed by atoms with Crippen LogP contribution in [0, 0.1) is 12.7 Å².